The third-order valence-electron chi connectivity index (χ3n) is 6.56. The molecule has 0 heterocycles. The van der Waals surface area contributed by atoms with Gasteiger partial charge in [-0.15, -0.1) is 0 Å². The fourth-order valence-corrected chi connectivity index (χ4v) is 7.19. The largest absolute Gasteiger partial charge is 0.0596 e. The van der Waals surface area contributed by atoms with E-state index in [0.29, 0.717) is 32.5 Å². The van der Waals surface area contributed by atoms with Crippen LogP contribution in [0.1, 0.15) is 55.4 Å². The summed E-state index contributed by atoms with van der Waals surface area (Å²) >= 11 is 0. The molecule has 0 aromatic rings. The maximum atomic E-state index is 2.53. The molecule has 4 saturated carbocycles. The summed E-state index contributed by atoms with van der Waals surface area (Å²) in [6.45, 7) is 19.7. The molecule has 0 unspecified atom stereocenters. The molecule has 0 heteroatoms. The van der Waals surface area contributed by atoms with Gasteiger partial charge in [-0.2, -0.15) is 0 Å². The third kappa shape index (κ3) is 0.354. The summed E-state index contributed by atoms with van der Waals surface area (Å²) in [6.07, 6.45) is 0. The molecule has 80 valence electrons. The lowest BCUT2D eigenvalue weighted by atomic mass is 9.81. The standard InChI is InChI=1S/C14H24/c1-9(2,3)13-11(7)12(13,8)14(11,13)10(4,5)6/h1-8H3. The van der Waals surface area contributed by atoms with Crippen molar-refractivity contribution in [1.82, 2.24) is 0 Å². The van der Waals surface area contributed by atoms with Crippen LogP contribution in [0.15, 0.2) is 0 Å². The first-order valence-electron chi connectivity index (χ1n) is 6.00. The van der Waals surface area contributed by atoms with Gasteiger partial charge in [-0.05, 0) is 32.5 Å². The summed E-state index contributed by atoms with van der Waals surface area (Å²) in [5.41, 5.74) is 3.79. The average molecular weight is 192 g/mol. The van der Waals surface area contributed by atoms with Gasteiger partial charge >= 0.3 is 0 Å². The summed E-state index contributed by atoms with van der Waals surface area (Å²) in [5.74, 6) is 0. The van der Waals surface area contributed by atoms with Crippen LogP contribution in [0.2, 0.25) is 0 Å². The fourth-order valence-electron chi connectivity index (χ4n) is 7.19. The molecule has 14 heavy (non-hydrogen) atoms. The predicted molar refractivity (Wildman–Crippen MR) is 60.0 cm³/mol. The van der Waals surface area contributed by atoms with Crippen molar-refractivity contribution in [2.75, 3.05) is 0 Å². The first kappa shape index (κ1) is 9.24. The zero-order valence-electron chi connectivity index (χ0n) is 11.0. The summed E-state index contributed by atoms with van der Waals surface area (Å²) in [5, 5.41) is 0. The Labute approximate surface area is 88.5 Å². The lowest BCUT2D eigenvalue weighted by molar-refractivity contribution is 0.254. The smallest absolute Gasteiger partial charge is 0.00454 e. The Morgan fingerprint density at radius 1 is 0.571 bits per heavy atom. The van der Waals surface area contributed by atoms with Crippen LogP contribution in [-0.2, 0) is 0 Å². The Morgan fingerprint density at radius 2 is 0.786 bits per heavy atom. The predicted octanol–water partition coefficient (Wildman–Crippen LogP) is 4.10. The minimum absolute atomic E-state index is 0.504. The average Bonchev–Trinajstić information content (AvgIpc) is 2.76. The zero-order chi connectivity index (χ0) is 11.0. The maximum Gasteiger partial charge on any atom is -0.00454 e. The molecule has 0 saturated heterocycles. The molecule has 0 amide bonds. The maximum absolute atomic E-state index is 2.53. The Morgan fingerprint density at radius 3 is 0.857 bits per heavy atom. The van der Waals surface area contributed by atoms with E-state index >= 15 is 0 Å². The SMILES string of the molecule is CC(C)(C)C12C3(C)C1(C)C32C(C)(C)C. The van der Waals surface area contributed by atoms with E-state index in [1.807, 2.05) is 0 Å². The third-order valence-corrected chi connectivity index (χ3v) is 6.56. The Hall–Kier alpha value is 0. The van der Waals surface area contributed by atoms with Gasteiger partial charge in [0, 0.05) is 0 Å². The van der Waals surface area contributed by atoms with E-state index in [1.165, 1.54) is 0 Å². The summed E-state index contributed by atoms with van der Waals surface area (Å²) in [4.78, 5) is 0. The molecule has 0 bridgehead atoms. The van der Waals surface area contributed by atoms with Crippen molar-refractivity contribution < 1.29 is 0 Å². The van der Waals surface area contributed by atoms with E-state index in [4.69, 9.17) is 0 Å². The Kier molecular flexibility index (Phi) is 0.954. The van der Waals surface area contributed by atoms with Gasteiger partial charge in [0.25, 0.3) is 0 Å². The van der Waals surface area contributed by atoms with Gasteiger partial charge in [-0.1, -0.05) is 55.4 Å². The van der Waals surface area contributed by atoms with Crippen LogP contribution in [0.4, 0.5) is 0 Å². The van der Waals surface area contributed by atoms with Gasteiger partial charge < -0.3 is 0 Å². The molecule has 0 aliphatic heterocycles. The molecule has 4 fully saturated rings. The second-order valence-corrected chi connectivity index (χ2v) is 8.25. The van der Waals surface area contributed by atoms with Gasteiger partial charge in [0.05, 0.1) is 0 Å². The minimum atomic E-state index is 0.504. The van der Waals surface area contributed by atoms with E-state index in [0.717, 1.165) is 0 Å². The van der Waals surface area contributed by atoms with Crippen LogP contribution < -0.4 is 0 Å². The van der Waals surface area contributed by atoms with Gasteiger partial charge in [0.15, 0.2) is 0 Å². The summed E-state index contributed by atoms with van der Waals surface area (Å²) in [6, 6.07) is 0. The molecular formula is C14H24. The zero-order valence-corrected chi connectivity index (χ0v) is 11.0. The monoisotopic (exact) mass is 192 g/mol. The summed E-state index contributed by atoms with van der Waals surface area (Å²) < 4.78 is 0. The van der Waals surface area contributed by atoms with Crippen molar-refractivity contribution in [3.63, 3.8) is 0 Å². The van der Waals surface area contributed by atoms with Crippen molar-refractivity contribution in [2.45, 2.75) is 55.4 Å². The van der Waals surface area contributed by atoms with Crippen molar-refractivity contribution in [2.24, 2.45) is 32.5 Å². The molecule has 0 nitrogen and oxygen atoms in total. The highest BCUT2D eigenvalue weighted by Gasteiger charge is 3.34. The Balaban J connectivity index is 2.09. The summed E-state index contributed by atoms with van der Waals surface area (Å²) in [7, 11) is 0. The van der Waals surface area contributed by atoms with Crippen LogP contribution in [0, 0.1) is 32.5 Å². The van der Waals surface area contributed by atoms with Crippen molar-refractivity contribution in [3.8, 4) is 0 Å². The highest BCUT2D eigenvalue weighted by molar-refractivity contribution is 5.79. The molecule has 4 rings (SSSR count). The van der Waals surface area contributed by atoms with Crippen molar-refractivity contribution in [3.05, 3.63) is 0 Å². The van der Waals surface area contributed by atoms with Gasteiger partial charge in [0.2, 0.25) is 0 Å². The van der Waals surface area contributed by atoms with E-state index in [9.17, 15) is 0 Å². The molecule has 4 aliphatic carbocycles. The normalized spacial score (nSPS) is 63.4. The minimum Gasteiger partial charge on any atom is -0.0596 e. The fraction of sp³-hybridized carbons (Fsp3) is 1.00. The number of hydrogen-bond donors (Lipinski definition) is 0. The molecule has 0 radical (unpaired) electrons. The van der Waals surface area contributed by atoms with Crippen molar-refractivity contribution in [1.29, 1.82) is 0 Å². The van der Waals surface area contributed by atoms with Crippen LogP contribution in [-0.4, -0.2) is 0 Å². The highest BCUT2D eigenvalue weighted by atomic mass is 15.4. The molecule has 0 aromatic heterocycles. The molecular weight excluding hydrogens is 168 g/mol. The van der Waals surface area contributed by atoms with Crippen LogP contribution in [0.25, 0.3) is 0 Å². The van der Waals surface area contributed by atoms with Gasteiger partial charge in [-0.25, -0.2) is 0 Å². The van der Waals surface area contributed by atoms with E-state index in [2.05, 4.69) is 55.4 Å². The highest BCUT2D eigenvalue weighted by Crippen LogP contribution is 3.37. The van der Waals surface area contributed by atoms with Crippen LogP contribution in [0.3, 0.4) is 0 Å². The van der Waals surface area contributed by atoms with Crippen LogP contribution in [0.5, 0.6) is 0 Å². The second kappa shape index (κ2) is 1.44. The number of rotatable bonds is 0. The first-order chi connectivity index (χ1) is 6.00. The molecule has 0 atom stereocenters. The van der Waals surface area contributed by atoms with Gasteiger partial charge in [0.1, 0.15) is 0 Å². The second-order valence-electron chi connectivity index (χ2n) is 8.25. The first-order valence-corrected chi connectivity index (χ1v) is 6.00. The molecule has 0 N–H and O–H groups in total. The van der Waals surface area contributed by atoms with Crippen molar-refractivity contribution >= 4 is 0 Å². The Bertz CT molecular complexity index is 301. The lowest BCUT2D eigenvalue weighted by Gasteiger charge is -2.23. The van der Waals surface area contributed by atoms with Crippen LogP contribution >= 0.6 is 0 Å². The van der Waals surface area contributed by atoms with E-state index in [1.54, 1.807) is 0 Å². The van der Waals surface area contributed by atoms with E-state index < -0.39 is 0 Å². The number of hydrogen-bond acceptors (Lipinski definition) is 0. The topological polar surface area (TPSA) is 0 Å². The van der Waals surface area contributed by atoms with Gasteiger partial charge in [-0.3, -0.25) is 0 Å². The molecule has 4 aliphatic rings. The molecule has 0 spiro atoms. The lowest BCUT2D eigenvalue weighted by Crippen LogP contribution is -2.16. The van der Waals surface area contributed by atoms with E-state index in [-0.39, 0.29) is 0 Å². The quantitative estimate of drug-likeness (QED) is 0.542. The molecule has 0 aromatic carbocycles.